The molecule has 1 aliphatic rings. The van der Waals surface area contributed by atoms with Crippen molar-refractivity contribution in [2.45, 2.75) is 45.4 Å². The number of hydrogen-bond acceptors (Lipinski definition) is 4. The number of rotatable bonds is 9. The van der Waals surface area contributed by atoms with E-state index in [-0.39, 0.29) is 5.91 Å². The maximum atomic E-state index is 12.7. The molecule has 1 atom stereocenters. The molecule has 0 unspecified atom stereocenters. The fraction of sp³-hybridized carbons (Fsp3) is 0.435. The molecule has 150 valence electrons. The molecule has 28 heavy (non-hydrogen) atoms. The summed E-state index contributed by atoms with van der Waals surface area (Å²) in [5.41, 5.74) is 2.45. The van der Waals surface area contributed by atoms with Crippen LogP contribution in [0.4, 0.5) is 0 Å². The highest BCUT2D eigenvalue weighted by atomic mass is 16.5. The SMILES string of the molecule is CC[C@H](Oc1cccc(OC)c1)C(=O)NCc1ccccc1CN1CCCC1. The van der Waals surface area contributed by atoms with Crippen LogP contribution < -0.4 is 14.8 Å². The van der Waals surface area contributed by atoms with Gasteiger partial charge < -0.3 is 14.8 Å². The third-order valence-electron chi connectivity index (χ3n) is 5.15. The Morgan fingerprint density at radius 3 is 2.50 bits per heavy atom. The summed E-state index contributed by atoms with van der Waals surface area (Å²) in [5.74, 6) is 1.25. The monoisotopic (exact) mass is 382 g/mol. The molecule has 0 saturated carbocycles. The van der Waals surface area contributed by atoms with Gasteiger partial charge in [-0.2, -0.15) is 0 Å². The van der Waals surface area contributed by atoms with Gasteiger partial charge in [0, 0.05) is 19.2 Å². The summed E-state index contributed by atoms with van der Waals surface area (Å²) in [6, 6.07) is 15.7. The quantitative estimate of drug-likeness (QED) is 0.717. The van der Waals surface area contributed by atoms with E-state index in [1.807, 2.05) is 31.2 Å². The van der Waals surface area contributed by atoms with Crippen molar-refractivity contribution in [3.8, 4) is 11.5 Å². The van der Waals surface area contributed by atoms with E-state index in [4.69, 9.17) is 9.47 Å². The minimum Gasteiger partial charge on any atom is -0.497 e. The first kappa shape index (κ1) is 20.2. The number of nitrogens with zero attached hydrogens (tertiary/aromatic N) is 1. The zero-order chi connectivity index (χ0) is 19.8. The van der Waals surface area contributed by atoms with Crippen molar-refractivity contribution in [3.05, 3.63) is 59.7 Å². The smallest absolute Gasteiger partial charge is 0.261 e. The molecule has 0 aromatic heterocycles. The van der Waals surface area contributed by atoms with Gasteiger partial charge in [-0.25, -0.2) is 0 Å². The largest absolute Gasteiger partial charge is 0.497 e. The normalized spacial score (nSPS) is 15.2. The second-order valence-electron chi connectivity index (χ2n) is 7.16. The topological polar surface area (TPSA) is 50.8 Å². The van der Waals surface area contributed by atoms with Gasteiger partial charge in [0.25, 0.3) is 5.91 Å². The van der Waals surface area contributed by atoms with Crippen LogP contribution in [0.15, 0.2) is 48.5 Å². The maximum absolute atomic E-state index is 12.7. The van der Waals surface area contributed by atoms with Crippen LogP contribution >= 0.6 is 0 Å². The predicted molar refractivity (Wildman–Crippen MR) is 111 cm³/mol. The maximum Gasteiger partial charge on any atom is 0.261 e. The molecule has 0 bridgehead atoms. The zero-order valence-electron chi connectivity index (χ0n) is 16.8. The third-order valence-corrected chi connectivity index (χ3v) is 5.15. The molecule has 2 aromatic rings. The van der Waals surface area contributed by atoms with Gasteiger partial charge in [0.15, 0.2) is 6.10 Å². The van der Waals surface area contributed by atoms with Gasteiger partial charge in [-0.05, 0) is 55.6 Å². The molecule has 0 aliphatic carbocycles. The fourth-order valence-corrected chi connectivity index (χ4v) is 3.52. The average Bonchev–Trinajstić information content (AvgIpc) is 3.24. The summed E-state index contributed by atoms with van der Waals surface area (Å²) in [7, 11) is 1.61. The lowest BCUT2D eigenvalue weighted by Crippen LogP contribution is -2.37. The number of likely N-dealkylation sites (tertiary alicyclic amines) is 1. The number of ether oxygens (including phenoxy) is 2. The van der Waals surface area contributed by atoms with E-state index in [9.17, 15) is 4.79 Å². The van der Waals surface area contributed by atoms with Crippen LogP contribution in [0.3, 0.4) is 0 Å². The molecule has 1 aliphatic heterocycles. The van der Waals surface area contributed by atoms with E-state index in [1.54, 1.807) is 13.2 Å². The molecule has 3 rings (SSSR count). The number of benzene rings is 2. The Bertz CT molecular complexity index is 772. The highest BCUT2D eigenvalue weighted by Crippen LogP contribution is 2.21. The Morgan fingerprint density at radius 2 is 1.79 bits per heavy atom. The van der Waals surface area contributed by atoms with Gasteiger partial charge in [-0.1, -0.05) is 37.3 Å². The Morgan fingerprint density at radius 1 is 1.07 bits per heavy atom. The minimum absolute atomic E-state index is 0.0960. The Balaban J connectivity index is 1.59. The van der Waals surface area contributed by atoms with Crippen LogP contribution in [-0.2, 0) is 17.9 Å². The second-order valence-corrected chi connectivity index (χ2v) is 7.16. The van der Waals surface area contributed by atoms with Crippen LogP contribution in [0.1, 0.15) is 37.3 Å². The average molecular weight is 383 g/mol. The Kier molecular flexibility index (Phi) is 7.31. The molecule has 1 N–H and O–H groups in total. The van der Waals surface area contributed by atoms with E-state index >= 15 is 0 Å². The summed E-state index contributed by atoms with van der Waals surface area (Å²) in [5, 5.41) is 3.05. The first-order chi connectivity index (χ1) is 13.7. The third kappa shape index (κ3) is 5.49. The van der Waals surface area contributed by atoms with Crippen molar-refractivity contribution >= 4 is 5.91 Å². The number of hydrogen-bond donors (Lipinski definition) is 1. The molecule has 0 radical (unpaired) electrons. The second kappa shape index (κ2) is 10.1. The molecular formula is C23H30N2O3. The molecule has 1 fully saturated rings. The van der Waals surface area contributed by atoms with E-state index < -0.39 is 6.10 Å². The van der Waals surface area contributed by atoms with Crippen LogP contribution in [0.5, 0.6) is 11.5 Å². The van der Waals surface area contributed by atoms with Crippen molar-refractivity contribution in [2.24, 2.45) is 0 Å². The van der Waals surface area contributed by atoms with Gasteiger partial charge in [0.05, 0.1) is 7.11 Å². The lowest BCUT2D eigenvalue weighted by molar-refractivity contribution is -0.128. The van der Waals surface area contributed by atoms with Crippen molar-refractivity contribution < 1.29 is 14.3 Å². The molecule has 1 saturated heterocycles. The zero-order valence-corrected chi connectivity index (χ0v) is 16.8. The van der Waals surface area contributed by atoms with Gasteiger partial charge in [0.2, 0.25) is 0 Å². The summed E-state index contributed by atoms with van der Waals surface area (Å²) >= 11 is 0. The number of carbonyl (C=O) groups is 1. The molecule has 0 spiro atoms. The number of amides is 1. The van der Waals surface area contributed by atoms with Gasteiger partial charge >= 0.3 is 0 Å². The van der Waals surface area contributed by atoms with Crippen molar-refractivity contribution in [1.29, 1.82) is 0 Å². The number of methoxy groups -OCH3 is 1. The highest BCUT2D eigenvalue weighted by molar-refractivity contribution is 5.81. The van der Waals surface area contributed by atoms with Crippen LogP contribution in [0.25, 0.3) is 0 Å². The van der Waals surface area contributed by atoms with Gasteiger partial charge in [-0.15, -0.1) is 0 Å². The van der Waals surface area contributed by atoms with E-state index in [0.29, 0.717) is 24.5 Å². The van der Waals surface area contributed by atoms with Crippen molar-refractivity contribution in [1.82, 2.24) is 10.2 Å². The van der Waals surface area contributed by atoms with Gasteiger partial charge in [-0.3, -0.25) is 9.69 Å². The summed E-state index contributed by atoms with van der Waals surface area (Å²) < 4.78 is 11.1. The lowest BCUT2D eigenvalue weighted by atomic mass is 10.1. The van der Waals surface area contributed by atoms with Gasteiger partial charge in [0.1, 0.15) is 11.5 Å². The molecule has 5 nitrogen and oxygen atoms in total. The van der Waals surface area contributed by atoms with Crippen LogP contribution in [0, 0.1) is 0 Å². The van der Waals surface area contributed by atoms with Crippen LogP contribution in [-0.4, -0.2) is 37.1 Å². The molecular weight excluding hydrogens is 352 g/mol. The minimum atomic E-state index is -0.530. The van der Waals surface area contributed by atoms with E-state index in [2.05, 4.69) is 28.4 Å². The van der Waals surface area contributed by atoms with E-state index in [0.717, 1.165) is 19.6 Å². The molecule has 2 aromatic carbocycles. The lowest BCUT2D eigenvalue weighted by Gasteiger charge is -2.20. The summed E-state index contributed by atoms with van der Waals surface area (Å²) in [6.45, 7) is 5.73. The number of nitrogens with one attached hydrogen (secondary N) is 1. The predicted octanol–water partition coefficient (Wildman–Crippen LogP) is 3.76. The highest BCUT2D eigenvalue weighted by Gasteiger charge is 2.19. The first-order valence-corrected chi connectivity index (χ1v) is 10.1. The summed E-state index contributed by atoms with van der Waals surface area (Å²) in [4.78, 5) is 15.2. The van der Waals surface area contributed by atoms with E-state index in [1.165, 1.54) is 24.0 Å². The Hall–Kier alpha value is -2.53. The molecule has 1 heterocycles. The Labute approximate surface area is 167 Å². The first-order valence-electron chi connectivity index (χ1n) is 10.1. The van der Waals surface area contributed by atoms with Crippen molar-refractivity contribution in [2.75, 3.05) is 20.2 Å². The molecule has 5 heteroatoms. The molecule has 1 amide bonds. The summed E-state index contributed by atoms with van der Waals surface area (Å²) in [6.07, 6.45) is 2.62. The van der Waals surface area contributed by atoms with Crippen LogP contribution in [0.2, 0.25) is 0 Å². The van der Waals surface area contributed by atoms with Crippen molar-refractivity contribution in [3.63, 3.8) is 0 Å². The number of carbonyl (C=O) groups excluding carboxylic acids is 1. The fourth-order valence-electron chi connectivity index (χ4n) is 3.52. The standard InChI is InChI=1S/C23H30N2O3/c1-3-22(28-21-12-8-11-20(15-21)27-2)23(26)24-16-18-9-4-5-10-19(18)17-25-13-6-7-14-25/h4-5,8-12,15,22H,3,6-7,13-14,16-17H2,1-2H3,(H,24,26)/t22-/m0/s1.